The summed E-state index contributed by atoms with van der Waals surface area (Å²) < 4.78 is 0. The fraction of sp³-hybridized carbons (Fsp3) is 0.792. The molecule has 28 heavy (non-hydrogen) atoms. The Morgan fingerprint density at radius 1 is 1.00 bits per heavy atom. The van der Waals surface area contributed by atoms with Crippen LogP contribution in [0, 0.1) is 34.5 Å². The highest BCUT2D eigenvalue weighted by Gasteiger charge is 2.62. The molecule has 4 aliphatic rings. The van der Waals surface area contributed by atoms with Crippen molar-refractivity contribution in [1.82, 2.24) is 10.5 Å². The van der Waals surface area contributed by atoms with E-state index in [4.69, 9.17) is 0 Å². The van der Waals surface area contributed by atoms with Gasteiger partial charge in [-0.05, 0) is 103 Å². The lowest BCUT2D eigenvalue weighted by molar-refractivity contribution is -0.149. The lowest BCUT2D eigenvalue weighted by Crippen LogP contribution is -2.60. The van der Waals surface area contributed by atoms with Gasteiger partial charge in [0.25, 0.3) is 0 Å². The van der Waals surface area contributed by atoms with Crippen molar-refractivity contribution < 1.29 is 10.3 Å². The van der Waals surface area contributed by atoms with E-state index in [-0.39, 0.29) is 17.6 Å². The van der Waals surface area contributed by atoms with Gasteiger partial charge < -0.3 is 10.3 Å². The maximum atomic E-state index is 10.3. The lowest BCUT2D eigenvalue weighted by Gasteiger charge is -2.62. The molecule has 0 bridgehead atoms. The van der Waals surface area contributed by atoms with Crippen molar-refractivity contribution in [3.05, 3.63) is 30.1 Å². The molecule has 1 unspecified atom stereocenters. The van der Waals surface area contributed by atoms with Crippen molar-refractivity contribution in [3.8, 4) is 0 Å². The highest BCUT2D eigenvalue weighted by molar-refractivity contribution is 5.23. The first-order valence-corrected chi connectivity index (χ1v) is 11.4. The topological polar surface area (TPSA) is 65.4 Å². The number of aromatic nitrogens is 1. The maximum Gasteiger partial charge on any atom is 0.0543 e. The van der Waals surface area contributed by atoms with Gasteiger partial charge in [-0.1, -0.05) is 19.9 Å². The molecule has 0 spiro atoms. The normalized spacial score (nSPS) is 50.5. The predicted octanol–water partition coefficient (Wildman–Crippen LogP) is 4.53. The maximum absolute atomic E-state index is 10.3. The first-order chi connectivity index (χ1) is 13.5. The zero-order chi connectivity index (χ0) is 19.5. The highest BCUT2D eigenvalue weighted by Crippen LogP contribution is 2.68. The van der Waals surface area contributed by atoms with Crippen LogP contribution in [0.1, 0.15) is 76.7 Å². The number of rotatable bonds is 2. The minimum atomic E-state index is -0.194. The lowest BCUT2D eigenvalue weighted by atomic mass is 9.43. The van der Waals surface area contributed by atoms with Gasteiger partial charge in [-0.25, -0.2) is 5.48 Å². The molecule has 4 saturated carbocycles. The Balaban J connectivity index is 1.47. The average molecular weight is 385 g/mol. The fourth-order valence-electron chi connectivity index (χ4n) is 8.59. The number of nitrogens with one attached hydrogen (secondary N) is 1. The van der Waals surface area contributed by atoms with Crippen LogP contribution in [0.5, 0.6) is 0 Å². The molecule has 9 atom stereocenters. The fourth-order valence-corrected chi connectivity index (χ4v) is 8.59. The van der Waals surface area contributed by atoms with Crippen molar-refractivity contribution in [2.24, 2.45) is 34.5 Å². The first kappa shape index (κ1) is 19.0. The number of aliphatic hydroxyl groups is 1. The Kier molecular flexibility index (Phi) is 4.61. The number of aliphatic hydroxyl groups excluding tert-OH is 1. The van der Waals surface area contributed by atoms with Gasteiger partial charge in [0.2, 0.25) is 0 Å². The molecule has 3 N–H and O–H groups in total. The van der Waals surface area contributed by atoms with Gasteiger partial charge in [0.05, 0.1) is 6.10 Å². The van der Waals surface area contributed by atoms with Gasteiger partial charge >= 0.3 is 0 Å². The Bertz CT molecular complexity index is 712. The van der Waals surface area contributed by atoms with Crippen LogP contribution in [-0.4, -0.2) is 27.4 Å². The monoisotopic (exact) mass is 384 g/mol. The van der Waals surface area contributed by atoms with Crippen LogP contribution < -0.4 is 5.48 Å². The van der Waals surface area contributed by atoms with Crippen LogP contribution in [0.15, 0.2) is 24.5 Å². The second-order valence-corrected chi connectivity index (χ2v) is 10.8. The SMILES string of the molecule is C[C@]12CC[C@H](O)C[C@@H]1[C@@H](NO)C[C@@H]1[C@@H]2CC[C@]2(C)C(c3cccnc3)CC[C@@H]12. The minimum Gasteiger partial charge on any atom is -0.393 e. The van der Waals surface area contributed by atoms with E-state index in [0.717, 1.165) is 37.5 Å². The number of nitrogens with zero attached hydrogens (tertiary/aromatic N) is 1. The summed E-state index contributed by atoms with van der Waals surface area (Å²) in [5, 5.41) is 20.3. The molecule has 4 fully saturated rings. The molecule has 4 nitrogen and oxygen atoms in total. The number of hydroxylamine groups is 1. The van der Waals surface area contributed by atoms with E-state index in [1.165, 1.54) is 31.2 Å². The van der Waals surface area contributed by atoms with Crippen molar-refractivity contribution in [3.63, 3.8) is 0 Å². The third-order valence-electron chi connectivity index (χ3n) is 9.94. The summed E-state index contributed by atoms with van der Waals surface area (Å²) in [6.07, 6.45) is 12.9. The van der Waals surface area contributed by atoms with E-state index in [1.807, 2.05) is 6.20 Å². The van der Waals surface area contributed by atoms with E-state index in [1.54, 1.807) is 0 Å². The number of pyridine rings is 1. The Morgan fingerprint density at radius 2 is 1.79 bits per heavy atom. The summed E-state index contributed by atoms with van der Waals surface area (Å²) in [4.78, 5) is 4.41. The molecule has 1 aromatic rings. The molecular formula is C24H36N2O2. The van der Waals surface area contributed by atoms with Crippen LogP contribution in [0.4, 0.5) is 0 Å². The second kappa shape index (κ2) is 6.78. The van der Waals surface area contributed by atoms with Gasteiger partial charge in [0.1, 0.15) is 0 Å². The summed E-state index contributed by atoms with van der Waals surface area (Å²) >= 11 is 0. The highest BCUT2D eigenvalue weighted by atomic mass is 16.5. The van der Waals surface area contributed by atoms with Gasteiger partial charge in [-0.3, -0.25) is 4.98 Å². The van der Waals surface area contributed by atoms with E-state index < -0.39 is 0 Å². The van der Waals surface area contributed by atoms with E-state index in [0.29, 0.717) is 23.2 Å². The third kappa shape index (κ3) is 2.64. The summed E-state index contributed by atoms with van der Waals surface area (Å²) in [6.45, 7) is 5.01. The molecule has 0 radical (unpaired) electrons. The molecule has 154 valence electrons. The average Bonchev–Trinajstić information content (AvgIpc) is 3.06. The molecule has 0 amide bonds. The van der Waals surface area contributed by atoms with E-state index in [9.17, 15) is 10.3 Å². The molecule has 5 rings (SSSR count). The largest absolute Gasteiger partial charge is 0.393 e. The molecule has 1 heterocycles. The number of hydrogen-bond acceptors (Lipinski definition) is 4. The van der Waals surface area contributed by atoms with Crippen LogP contribution in [0.3, 0.4) is 0 Å². The summed E-state index contributed by atoms with van der Waals surface area (Å²) in [5.41, 5.74) is 4.71. The Labute approximate surface area is 169 Å². The smallest absolute Gasteiger partial charge is 0.0543 e. The third-order valence-corrected chi connectivity index (χ3v) is 9.94. The molecule has 1 aromatic heterocycles. The van der Waals surface area contributed by atoms with Crippen molar-refractivity contribution >= 4 is 0 Å². The van der Waals surface area contributed by atoms with Crippen LogP contribution in [0.25, 0.3) is 0 Å². The van der Waals surface area contributed by atoms with Gasteiger partial charge in [-0.15, -0.1) is 0 Å². The summed E-state index contributed by atoms with van der Waals surface area (Å²) in [6, 6.07) is 4.49. The summed E-state index contributed by atoms with van der Waals surface area (Å²) in [7, 11) is 0. The molecule has 4 aliphatic carbocycles. The number of hydrogen-bond donors (Lipinski definition) is 3. The van der Waals surface area contributed by atoms with Gasteiger partial charge in [0, 0.05) is 18.4 Å². The van der Waals surface area contributed by atoms with Crippen molar-refractivity contribution in [2.45, 2.75) is 83.3 Å². The molecule has 4 heteroatoms. The Morgan fingerprint density at radius 3 is 2.54 bits per heavy atom. The van der Waals surface area contributed by atoms with Gasteiger partial charge in [0.15, 0.2) is 0 Å². The van der Waals surface area contributed by atoms with E-state index >= 15 is 0 Å². The van der Waals surface area contributed by atoms with Crippen molar-refractivity contribution in [2.75, 3.05) is 0 Å². The first-order valence-electron chi connectivity index (χ1n) is 11.4. The second-order valence-electron chi connectivity index (χ2n) is 10.8. The van der Waals surface area contributed by atoms with Crippen LogP contribution >= 0.6 is 0 Å². The molecule has 0 aromatic carbocycles. The van der Waals surface area contributed by atoms with Gasteiger partial charge in [-0.2, -0.15) is 0 Å². The summed E-state index contributed by atoms with van der Waals surface area (Å²) in [5.74, 6) is 3.16. The zero-order valence-electron chi connectivity index (χ0n) is 17.3. The van der Waals surface area contributed by atoms with Crippen LogP contribution in [0.2, 0.25) is 0 Å². The van der Waals surface area contributed by atoms with Crippen molar-refractivity contribution in [1.29, 1.82) is 0 Å². The molecule has 0 aliphatic heterocycles. The zero-order valence-corrected chi connectivity index (χ0v) is 17.3. The predicted molar refractivity (Wildman–Crippen MR) is 109 cm³/mol. The quantitative estimate of drug-likeness (QED) is 0.656. The standard InChI is InChI=1S/C24H36N2O2/c1-23-10-8-20-17(19(23)6-5-18(23)15-4-3-11-25-14-15)13-22(26-28)21-12-16(27)7-9-24(20,21)2/h3-4,11,14,16-22,26-28H,5-10,12-13H2,1-2H3/t16-,17-,18?,19-,20-,21+,22-,23+,24+/m0/s1. The van der Waals surface area contributed by atoms with E-state index in [2.05, 4.69) is 42.6 Å². The molecular weight excluding hydrogens is 348 g/mol. The Hall–Kier alpha value is -0.970. The van der Waals surface area contributed by atoms with Crippen LogP contribution in [-0.2, 0) is 0 Å². The molecule has 0 saturated heterocycles. The number of fused-ring (bicyclic) bond motifs is 5. The minimum absolute atomic E-state index is 0.126.